The largest absolute Gasteiger partial charge is 0.465 e. The van der Waals surface area contributed by atoms with E-state index in [4.69, 9.17) is 4.74 Å². The Hall–Kier alpha value is -2.15. The highest BCUT2D eigenvalue weighted by Crippen LogP contribution is 2.33. The predicted octanol–water partition coefficient (Wildman–Crippen LogP) is 1.85. The number of benzene rings is 1. The lowest BCUT2D eigenvalue weighted by Crippen LogP contribution is -2.22. The highest BCUT2D eigenvalue weighted by molar-refractivity contribution is 5.91. The Labute approximate surface area is 122 Å². The maximum atomic E-state index is 11.6. The Balaban J connectivity index is 2.31. The highest BCUT2D eigenvalue weighted by Gasteiger charge is 2.28. The lowest BCUT2D eigenvalue weighted by molar-refractivity contribution is -0.384. The van der Waals surface area contributed by atoms with Crippen LogP contribution in [0.2, 0.25) is 0 Å². The van der Waals surface area contributed by atoms with Crippen molar-refractivity contribution >= 4 is 17.3 Å². The molecule has 7 nitrogen and oxygen atoms in total. The minimum Gasteiger partial charge on any atom is -0.465 e. The Morgan fingerprint density at radius 1 is 1.48 bits per heavy atom. The second kappa shape index (κ2) is 6.53. The van der Waals surface area contributed by atoms with E-state index in [1.807, 2.05) is 4.90 Å². The summed E-state index contributed by atoms with van der Waals surface area (Å²) in [5, 5.41) is 11.2. The first kappa shape index (κ1) is 15.2. The number of nitrogens with zero attached hydrogens (tertiary/aromatic N) is 2. The fourth-order valence-electron chi connectivity index (χ4n) is 2.60. The predicted molar refractivity (Wildman–Crippen MR) is 76.6 cm³/mol. The summed E-state index contributed by atoms with van der Waals surface area (Å²) in [6.07, 6.45) is 0.910. The third-order valence-electron chi connectivity index (χ3n) is 3.62. The zero-order chi connectivity index (χ0) is 15.4. The molecule has 1 unspecified atom stereocenters. The lowest BCUT2D eigenvalue weighted by Gasteiger charge is -2.19. The van der Waals surface area contributed by atoms with Crippen LogP contribution in [-0.4, -0.2) is 44.8 Å². The van der Waals surface area contributed by atoms with Crippen LogP contribution in [0.5, 0.6) is 0 Å². The molecule has 21 heavy (non-hydrogen) atoms. The Morgan fingerprint density at radius 3 is 2.86 bits per heavy atom. The normalized spacial score (nSPS) is 17.8. The van der Waals surface area contributed by atoms with Crippen molar-refractivity contribution in [2.75, 3.05) is 38.8 Å². The third-order valence-corrected chi connectivity index (χ3v) is 3.62. The summed E-state index contributed by atoms with van der Waals surface area (Å²) in [6, 6.07) is 4.29. The van der Waals surface area contributed by atoms with Gasteiger partial charge in [0, 0.05) is 32.2 Å². The second-order valence-corrected chi connectivity index (χ2v) is 5.01. The number of carbonyl (C=O) groups is 1. The van der Waals surface area contributed by atoms with E-state index in [0.29, 0.717) is 36.9 Å². The van der Waals surface area contributed by atoms with Crippen LogP contribution >= 0.6 is 0 Å². The van der Waals surface area contributed by atoms with Crippen molar-refractivity contribution in [3.05, 3.63) is 33.9 Å². The molecule has 1 saturated heterocycles. The van der Waals surface area contributed by atoms with Crippen molar-refractivity contribution in [1.29, 1.82) is 0 Å². The van der Waals surface area contributed by atoms with E-state index in [0.717, 1.165) is 6.42 Å². The van der Waals surface area contributed by atoms with E-state index in [1.54, 1.807) is 7.11 Å². The molecule has 0 aliphatic carbocycles. The molecule has 7 heteroatoms. The molecule has 1 fully saturated rings. The van der Waals surface area contributed by atoms with Crippen LogP contribution < -0.4 is 4.90 Å². The first-order valence-electron chi connectivity index (χ1n) is 6.67. The van der Waals surface area contributed by atoms with Gasteiger partial charge >= 0.3 is 5.97 Å². The Kier molecular flexibility index (Phi) is 4.74. The van der Waals surface area contributed by atoms with Crippen molar-refractivity contribution in [1.82, 2.24) is 0 Å². The Morgan fingerprint density at radius 2 is 2.24 bits per heavy atom. The first-order valence-corrected chi connectivity index (χ1v) is 6.67. The van der Waals surface area contributed by atoms with Crippen molar-refractivity contribution in [3.8, 4) is 0 Å². The van der Waals surface area contributed by atoms with Gasteiger partial charge in [0.2, 0.25) is 0 Å². The van der Waals surface area contributed by atoms with Gasteiger partial charge in [-0.15, -0.1) is 0 Å². The number of ether oxygens (including phenoxy) is 2. The van der Waals surface area contributed by atoms with Gasteiger partial charge in [-0.05, 0) is 18.6 Å². The van der Waals surface area contributed by atoms with Crippen LogP contribution in [0.15, 0.2) is 18.2 Å². The minimum absolute atomic E-state index is 0.000667. The molecular weight excluding hydrogens is 276 g/mol. The summed E-state index contributed by atoms with van der Waals surface area (Å²) in [5.41, 5.74) is 0.774. The van der Waals surface area contributed by atoms with E-state index in [2.05, 4.69) is 4.74 Å². The zero-order valence-electron chi connectivity index (χ0n) is 12.1. The number of esters is 1. The number of hydrogen-bond acceptors (Lipinski definition) is 6. The van der Waals surface area contributed by atoms with E-state index < -0.39 is 10.9 Å². The van der Waals surface area contributed by atoms with Crippen LogP contribution in [0.4, 0.5) is 11.4 Å². The molecule has 114 valence electrons. The molecule has 1 aromatic rings. The average Bonchev–Trinajstić information content (AvgIpc) is 2.94. The molecule has 1 heterocycles. The number of nitro groups is 1. The van der Waals surface area contributed by atoms with Gasteiger partial charge in [-0.1, -0.05) is 0 Å². The molecule has 0 amide bonds. The summed E-state index contributed by atoms with van der Waals surface area (Å²) >= 11 is 0. The Bertz CT molecular complexity index is 546. The second-order valence-electron chi connectivity index (χ2n) is 5.01. The number of methoxy groups -OCH3 is 2. The molecule has 2 rings (SSSR count). The molecule has 0 spiro atoms. The minimum atomic E-state index is -0.501. The molecule has 0 aromatic heterocycles. The van der Waals surface area contributed by atoms with Crippen molar-refractivity contribution < 1.29 is 19.2 Å². The molecular formula is C14H18N2O5. The molecule has 0 N–H and O–H groups in total. The zero-order valence-corrected chi connectivity index (χ0v) is 12.1. The molecule has 0 bridgehead atoms. The van der Waals surface area contributed by atoms with Gasteiger partial charge in [-0.3, -0.25) is 10.1 Å². The van der Waals surface area contributed by atoms with Gasteiger partial charge in [0.25, 0.3) is 5.69 Å². The van der Waals surface area contributed by atoms with Gasteiger partial charge in [-0.2, -0.15) is 0 Å². The van der Waals surface area contributed by atoms with E-state index in [1.165, 1.54) is 25.3 Å². The molecule has 0 saturated carbocycles. The first-order chi connectivity index (χ1) is 10.1. The summed E-state index contributed by atoms with van der Waals surface area (Å²) in [4.78, 5) is 24.3. The van der Waals surface area contributed by atoms with Crippen LogP contribution in [0.25, 0.3) is 0 Å². The van der Waals surface area contributed by atoms with Crippen molar-refractivity contribution in [2.24, 2.45) is 5.92 Å². The number of rotatable bonds is 5. The number of hydrogen-bond donors (Lipinski definition) is 0. The van der Waals surface area contributed by atoms with Gasteiger partial charge in [-0.25, -0.2) is 4.79 Å². The topological polar surface area (TPSA) is 81.9 Å². The van der Waals surface area contributed by atoms with Crippen LogP contribution in [0.3, 0.4) is 0 Å². The van der Waals surface area contributed by atoms with E-state index in [9.17, 15) is 14.9 Å². The summed E-state index contributed by atoms with van der Waals surface area (Å²) < 4.78 is 9.80. The quantitative estimate of drug-likeness (QED) is 0.468. The molecule has 1 aliphatic heterocycles. The van der Waals surface area contributed by atoms with Gasteiger partial charge in [0.05, 0.1) is 24.2 Å². The number of anilines is 1. The maximum absolute atomic E-state index is 11.6. The van der Waals surface area contributed by atoms with Gasteiger partial charge < -0.3 is 14.4 Å². The fourth-order valence-corrected chi connectivity index (χ4v) is 2.60. The summed E-state index contributed by atoms with van der Waals surface area (Å²) in [5.74, 6) is -0.157. The van der Waals surface area contributed by atoms with Crippen LogP contribution in [0.1, 0.15) is 16.8 Å². The molecule has 1 atom stereocenters. The highest BCUT2D eigenvalue weighted by atomic mass is 16.6. The van der Waals surface area contributed by atoms with Crippen LogP contribution in [0, 0.1) is 16.0 Å². The van der Waals surface area contributed by atoms with Crippen molar-refractivity contribution in [2.45, 2.75) is 6.42 Å². The standard InChI is InChI=1S/C14H18N2O5/c1-20-9-10-5-6-15(8-10)13-7-11(14(17)21-2)3-4-12(13)16(18)19/h3-4,7,10H,5-6,8-9H2,1-2H3. The average molecular weight is 294 g/mol. The molecule has 0 radical (unpaired) electrons. The fraction of sp³-hybridized carbons (Fsp3) is 0.500. The smallest absolute Gasteiger partial charge is 0.337 e. The maximum Gasteiger partial charge on any atom is 0.337 e. The summed E-state index contributed by atoms with van der Waals surface area (Å²) in [7, 11) is 2.93. The molecule has 1 aromatic carbocycles. The SMILES string of the molecule is COCC1CCN(c2cc(C(=O)OC)ccc2[N+](=O)[O-])C1. The van der Waals surface area contributed by atoms with Crippen molar-refractivity contribution in [3.63, 3.8) is 0 Å². The van der Waals surface area contributed by atoms with Crippen LogP contribution in [-0.2, 0) is 9.47 Å². The van der Waals surface area contributed by atoms with Gasteiger partial charge in [0.15, 0.2) is 0 Å². The van der Waals surface area contributed by atoms with Gasteiger partial charge in [0.1, 0.15) is 5.69 Å². The lowest BCUT2D eigenvalue weighted by atomic mass is 10.1. The number of nitro benzene ring substituents is 1. The van der Waals surface area contributed by atoms with E-state index in [-0.39, 0.29) is 5.69 Å². The monoisotopic (exact) mass is 294 g/mol. The van der Waals surface area contributed by atoms with E-state index >= 15 is 0 Å². The third kappa shape index (κ3) is 3.30. The molecule has 1 aliphatic rings. The number of carbonyl (C=O) groups excluding carboxylic acids is 1. The summed E-state index contributed by atoms with van der Waals surface area (Å²) in [6.45, 7) is 2.01.